The topological polar surface area (TPSA) is 35.5 Å². The van der Waals surface area contributed by atoms with Gasteiger partial charge in [-0.25, -0.2) is 4.79 Å². The van der Waals surface area contributed by atoms with Gasteiger partial charge in [0.25, 0.3) is 0 Å². The zero-order chi connectivity index (χ0) is 16.9. The molecule has 0 spiro atoms. The second-order valence-corrected chi connectivity index (χ2v) is 5.76. The number of esters is 1. The van der Waals surface area contributed by atoms with Gasteiger partial charge in [-0.05, 0) is 36.8 Å². The van der Waals surface area contributed by atoms with Crippen LogP contribution in [0.5, 0.6) is 5.75 Å². The lowest BCUT2D eigenvalue weighted by atomic mass is 9.78. The van der Waals surface area contributed by atoms with Crippen molar-refractivity contribution >= 4 is 5.97 Å². The van der Waals surface area contributed by atoms with Gasteiger partial charge in [0, 0.05) is 5.41 Å². The minimum atomic E-state index is -0.541. The van der Waals surface area contributed by atoms with E-state index in [4.69, 9.17) is 9.47 Å². The van der Waals surface area contributed by atoms with Crippen molar-refractivity contribution in [2.45, 2.75) is 26.2 Å². The number of hydrogen-bond acceptors (Lipinski definition) is 3. The average Bonchev–Trinajstić information content (AvgIpc) is 2.56. The molecule has 0 radical (unpaired) electrons. The van der Waals surface area contributed by atoms with Crippen molar-refractivity contribution in [1.82, 2.24) is 0 Å². The number of benzene rings is 2. The van der Waals surface area contributed by atoms with Crippen molar-refractivity contribution in [2.75, 3.05) is 6.61 Å². The third kappa shape index (κ3) is 4.01. The van der Waals surface area contributed by atoms with Gasteiger partial charge in [0.15, 0.2) is 0 Å². The van der Waals surface area contributed by atoms with Crippen LogP contribution >= 0.6 is 0 Å². The Labute approximate surface area is 137 Å². The van der Waals surface area contributed by atoms with E-state index in [9.17, 15) is 4.79 Å². The van der Waals surface area contributed by atoms with E-state index in [1.165, 1.54) is 5.56 Å². The molecular weight excluding hydrogens is 288 g/mol. The van der Waals surface area contributed by atoms with E-state index in [1.54, 1.807) is 6.92 Å². The number of ether oxygens (including phenoxy) is 2. The van der Waals surface area contributed by atoms with Crippen molar-refractivity contribution in [3.63, 3.8) is 0 Å². The lowest BCUT2D eigenvalue weighted by Crippen LogP contribution is -2.18. The summed E-state index contributed by atoms with van der Waals surface area (Å²) in [6.45, 7) is 9.98. The molecule has 0 bridgehead atoms. The summed E-state index contributed by atoms with van der Waals surface area (Å²) < 4.78 is 10.3. The predicted molar refractivity (Wildman–Crippen MR) is 91.4 cm³/mol. The fourth-order valence-corrected chi connectivity index (χ4v) is 2.36. The van der Waals surface area contributed by atoms with E-state index in [0.29, 0.717) is 12.4 Å². The maximum atomic E-state index is 11.5. The number of carbonyl (C=O) groups excluding carboxylic acids is 1. The summed E-state index contributed by atoms with van der Waals surface area (Å²) in [6.07, 6.45) is 0. The van der Waals surface area contributed by atoms with Gasteiger partial charge >= 0.3 is 5.97 Å². The van der Waals surface area contributed by atoms with Crippen LogP contribution in [0.2, 0.25) is 0 Å². The van der Waals surface area contributed by atoms with Crippen molar-refractivity contribution in [1.29, 1.82) is 0 Å². The van der Waals surface area contributed by atoms with Crippen LogP contribution in [0.15, 0.2) is 66.9 Å². The maximum absolute atomic E-state index is 11.5. The van der Waals surface area contributed by atoms with Gasteiger partial charge in [0.2, 0.25) is 5.76 Å². The van der Waals surface area contributed by atoms with E-state index in [1.807, 2.05) is 42.5 Å². The molecule has 2 aromatic rings. The molecule has 0 saturated carbocycles. The molecule has 2 rings (SSSR count). The lowest BCUT2D eigenvalue weighted by molar-refractivity contribution is -0.140. The highest BCUT2D eigenvalue weighted by atomic mass is 16.6. The first-order chi connectivity index (χ1) is 10.9. The number of carbonyl (C=O) groups is 1. The lowest BCUT2D eigenvalue weighted by Gasteiger charge is -2.26. The fourth-order valence-electron chi connectivity index (χ4n) is 2.36. The Bertz CT molecular complexity index is 670. The van der Waals surface area contributed by atoms with Crippen LogP contribution in [0.3, 0.4) is 0 Å². The molecule has 3 nitrogen and oxygen atoms in total. The van der Waals surface area contributed by atoms with Gasteiger partial charge in [0.1, 0.15) is 5.75 Å². The Hall–Kier alpha value is -2.55. The molecule has 0 unspecified atom stereocenters. The van der Waals surface area contributed by atoms with E-state index in [0.717, 1.165) is 5.56 Å². The molecule has 0 aliphatic rings. The van der Waals surface area contributed by atoms with Gasteiger partial charge in [0.05, 0.1) is 6.61 Å². The smallest absolute Gasteiger partial charge is 0.373 e. The van der Waals surface area contributed by atoms with E-state index >= 15 is 0 Å². The first-order valence-electron chi connectivity index (χ1n) is 7.65. The Morgan fingerprint density at radius 1 is 1.00 bits per heavy atom. The van der Waals surface area contributed by atoms with Crippen LogP contribution in [0, 0.1) is 0 Å². The molecule has 0 atom stereocenters. The second-order valence-electron chi connectivity index (χ2n) is 5.76. The van der Waals surface area contributed by atoms with Gasteiger partial charge in [-0.2, -0.15) is 0 Å². The Balaban J connectivity index is 2.13. The number of hydrogen-bond donors (Lipinski definition) is 0. The molecule has 0 aromatic heterocycles. The Morgan fingerprint density at radius 2 is 1.57 bits per heavy atom. The molecule has 0 amide bonds. The van der Waals surface area contributed by atoms with Crippen molar-refractivity contribution < 1.29 is 14.3 Å². The highest BCUT2D eigenvalue weighted by Crippen LogP contribution is 2.32. The maximum Gasteiger partial charge on any atom is 0.373 e. The van der Waals surface area contributed by atoms with Crippen LogP contribution in [0.4, 0.5) is 0 Å². The highest BCUT2D eigenvalue weighted by Gasteiger charge is 2.22. The summed E-state index contributed by atoms with van der Waals surface area (Å²) in [4.78, 5) is 11.5. The molecule has 120 valence electrons. The Kier molecular flexibility index (Phi) is 5.22. The van der Waals surface area contributed by atoms with Gasteiger partial charge in [-0.15, -0.1) is 0 Å². The third-order valence-electron chi connectivity index (χ3n) is 3.82. The SMILES string of the molecule is C=C(Oc1ccc(C(C)(C)c2ccccc2)cc1)C(=O)OCC. The summed E-state index contributed by atoms with van der Waals surface area (Å²) in [5, 5.41) is 0. The molecule has 0 aliphatic heterocycles. The van der Waals surface area contributed by atoms with Crippen LogP contribution in [-0.2, 0) is 14.9 Å². The standard InChI is InChI=1S/C20H22O3/c1-5-22-19(21)15(2)23-18-13-11-17(12-14-18)20(3,4)16-9-7-6-8-10-16/h6-14H,2,5H2,1,3-4H3. The molecule has 2 aromatic carbocycles. The van der Waals surface area contributed by atoms with Crippen LogP contribution in [-0.4, -0.2) is 12.6 Å². The second kappa shape index (κ2) is 7.14. The predicted octanol–water partition coefficient (Wildman–Crippen LogP) is 4.47. The normalized spacial score (nSPS) is 10.9. The summed E-state index contributed by atoms with van der Waals surface area (Å²) in [5.41, 5.74) is 2.29. The molecule has 0 heterocycles. The number of rotatable bonds is 6. The van der Waals surface area contributed by atoms with Gasteiger partial charge in [-0.1, -0.05) is 56.3 Å². The molecule has 0 N–H and O–H groups in total. The van der Waals surface area contributed by atoms with Crippen LogP contribution in [0.25, 0.3) is 0 Å². The van der Waals surface area contributed by atoms with E-state index in [2.05, 4.69) is 32.6 Å². The molecular formula is C20H22O3. The average molecular weight is 310 g/mol. The van der Waals surface area contributed by atoms with E-state index in [-0.39, 0.29) is 11.2 Å². The summed E-state index contributed by atoms with van der Waals surface area (Å²) >= 11 is 0. The molecule has 0 saturated heterocycles. The first-order valence-corrected chi connectivity index (χ1v) is 7.65. The van der Waals surface area contributed by atoms with E-state index < -0.39 is 5.97 Å². The summed E-state index contributed by atoms with van der Waals surface area (Å²) in [7, 11) is 0. The largest absolute Gasteiger partial charge is 0.460 e. The molecule has 3 heteroatoms. The monoisotopic (exact) mass is 310 g/mol. The fraction of sp³-hybridized carbons (Fsp3) is 0.250. The molecule has 23 heavy (non-hydrogen) atoms. The van der Waals surface area contributed by atoms with Crippen LogP contribution in [0.1, 0.15) is 31.9 Å². The molecule has 0 aliphatic carbocycles. The molecule has 0 fully saturated rings. The zero-order valence-corrected chi connectivity index (χ0v) is 13.8. The van der Waals surface area contributed by atoms with Gasteiger partial charge in [-0.3, -0.25) is 0 Å². The highest BCUT2D eigenvalue weighted by molar-refractivity contribution is 5.86. The quantitative estimate of drug-likeness (QED) is 0.449. The van der Waals surface area contributed by atoms with Crippen LogP contribution < -0.4 is 4.74 Å². The zero-order valence-electron chi connectivity index (χ0n) is 13.8. The summed E-state index contributed by atoms with van der Waals surface area (Å²) in [6, 6.07) is 18.0. The minimum absolute atomic E-state index is 0.0121. The first kappa shape index (κ1) is 16.8. The minimum Gasteiger partial charge on any atom is -0.460 e. The van der Waals surface area contributed by atoms with Crippen molar-refractivity contribution in [2.24, 2.45) is 0 Å². The van der Waals surface area contributed by atoms with Crippen molar-refractivity contribution in [3.05, 3.63) is 78.1 Å². The third-order valence-corrected chi connectivity index (χ3v) is 3.82. The summed E-state index contributed by atoms with van der Waals surface area (Å²) in [5.74, 6) is 0.0128. The van der Waals surface area contributed by atoms with Gasteiger partial charge < -0.3 is 9.47 Å². The Morgan fingerprint density at radius 3 is 2.13 bits per heavy atom. The van der Waals surface area contributed by atoms with Crippen molar-refractivity contribution in [3.8, 4) is 5.75 Å².